The molecule has 2 saturated heterocycles. The molecular weight excluding hydrogens is 348 g/mol. The third kappa shape index (κ3) is 4.33. The van der Waals surface area contributed by atoms with E-state index < -0.39 is 0 Å². The Morgan fingerprint density at radius 3 is 2.79 bits per heavy atom. The van der Waals surface area contributed by atoms with E-state index in [1.54, 1.807) is 0 Å². The van der Waals surface area contributed by atoms with Gasteiger partial charge in [-0.25, -0.2) is 0 Å². The molecule has 4 rings (SSSR count). The molecule has 0 bridgehead atoms. The first-order valence-corrected chi connectivity index (χ1v) is 11.5. The van der Waals surface area contributed by atoms with Crippen LogP contribution in [0.1, 0.15) is 64.5 Å². The molecule has 156 valence electrons. The number of likely N-dealkylation sites (tertiary alicyclic amines) is 1. The van der Waals surface area contributed by atoms with E-state index in [9.17, 15) is 0 Å². The van der Waals surface area contributed by atoms with Gasteiger partial charge in [0.1, 0.15) is 5.75 Å². The molecule has 3 heterocycles. The number of benzene rings is 1. The number of piperidine rings is 1. The van der Waals surface area contributed by atoms with Crippen LogP contribution in [0.5, 0.6) is 5.75 Å². The Labute approximate surface area is 171 Å². The average molecular weight is 387 g/mol. The maximum atomic E-state index is 6.36. The molecular formula is C24H38N2O2. The summed E-state index contributed by atoms with van der Waals surface area (Å²) in [6.45, 7) is 12.1. The van der Waals surface area contributed by atoms with E-state index in [2.05, 4.69) is 49.2 Å². The van der Waals surface area contributed by atoms with Crippen LogP contribution in [0.3, 0.4) is 0 Å². The maximum absolute atomic E-state index is 6.36. The predicted molar refractivity (Wildman–Crippen MR) is 115 cm³/mol. The number of fused-ring (bicyclic) bond motifs is 3. The van der Waals surface area contributed by atoms with Crippen LogP contribution in [0, 0.1) is 17.8 Å². The van der Waals surface area contributed by atoms with E-state index in [1.807, 2.05) is 0 Å². The van der Waals surface area contributed by atoms with E-state index in [0.717, 1.165) is 31.3 Å². The van der Waals surface area contributed by atoms with Crippen molar-refractivity contribution in [3.8, 4) is 5.75 Å². The van der Waals surface area contributed by atoms with Crippen LogP contribution < -0.4 is 10.1 Å². The number of nitrogens with zero attached hydrogens (tertiary/aromatic N) is 1. The summed E-state index contributed by atoms with van der Waals surface area (Å²) in [7, 11) is 0. The highest BCUT2D eigenvalue weighted by Gasteiger charge is 2.43. The summed E-state index contributed by atoms with van der Waals surface area (Å²) in [4.78, 5) is 2.59. The normalized spacial score (nSPS) is 28.5. The van der Waals surface area contributed by atoms with E-state index in [0.29, 0.717) is 17.9 Å². The van der Waals surface area contributed by atoms with Crippen LogP contribution in [0.2, 0.25) is 0 Å². The van der Waals surface area contributed by atoms with Crippen molar-refractivity contribution in [3.05, 3.63) is 23.8 Å². The first-order chi connectivity index (χ1) is 13.7. The number of hydrogen-bond donors (Lipinski definition) is 1. The molecule has 28 heavy (non-hydrogen) atoms. The smallest absolute Gasteiger partial charge is 0.119 e. The molecule has 1 aromatic rings. The Balaban J connectivity index is 1.50. The Hall–Kier alpha value is -1.26. The number of rotatable bonds is 6. The molecule has 3 aliphatic rings. The Morgan fingerprint density at radius 2 is 2.04 bits per heavy atom. The van der Waals surface area contributed by atoms with Crippen LogP contribution in [0.4, 0.5) is 5.69 Å². The number of ether oxygens (including phenoxy) is 2. The van der Waals surface area contributed by atoms with Gasteiger partial charge in [0.05, 0.1) is 12.7 Å². The largest absolute Gasteiger partial charge is 0.494 e. The third-order valence-corrected chi connectivity index (χ3v) is 7.03. The molecule has 1 aromatic carbocycles. The van der Waals surface area contributed by atoms with Crippen molar-refractivity contribution in [1.82, 2.24) is 4.90 Å². The van der Waals surface area contributed by atoms with Crippen LogP contribution in [0.25, 0.3) is 0 Å². The lowest BCUT2D eigenvalue weighted by atomic mass is 9.73. The fourth-order valence-corrected chi connectivity index (χ4v) is 5.28. The molecule has 3 aliphatic heterocycles. The first kappa shape index (κ1) is 20.0. The van der Waals surface area contributed by atoms with E-state index >= 15 is 0 Å². The number of nitrogens with one attached hydrogen (secondary N) is 1. The van der Waals surface area contributed by atoms with Gasteiger partial charge in [-0.2, -0.15) is 0 Å². The second-order valence-electron chi connectivity index (χ2n) is 9.32. The molecule has 3 atom stereocenters. The molecule has 1 unspecified atom stereocenters. The summed E-state index contributed by atoms with van der Waals surface area (Å²) >= 11 is 0. The molecule has 1 N–H and O–H groups in total. The second-order valence-corrected chi connectivity index (χ2v) is 9.32. The quantitative estimate of drug-likeness (QED) is 0.737. The molecule has 0 saturated carbocycles. The zero-order chi connectivity index (χ0) is 19.5. The standard InChI is InChI=1S/C24H38N2O2/c1-4-26-12-9-18(10-13-26)23-20-6-5-14-28-24(20)21-16-19(7-8-22(21)25-23)27-15-11-17(2)3/h7-8,16-18,20,23-25H,4-6,9-15H2,1-3H3/t20-,23+,24?/m0/s1. The zero-order valence-electron chi connectivity index (χ0n) is 18.0. The van der Waals surface area contributed by atoms with Gasteiger partial charge < -0.3 is 19.7 Å². The summed E-state index contributed by atoms with van der Waals surface area (Å²) in [6.07, 6.45) is 6.39. The zero-order valence-corrected chi connectivity index (χ0v) is 18.0. The Bertz CT molecular complexity index is 639. The van der Waals surface area contributed by atoms with Gasteiger partial charge in [-0.1, -0.05) is 20.8 Å². The lowest BCUT2D eigenvalue weighted by Gasteiger charge is -2.47. The van der Waals surface area contributed by atoms with Gasteiger partial charge in [0, 0.05) is 29.8 Å². The van der Waals surface area contributed by atoms with Crippen LogP contribution >= 0.6 is 0 Å². The fraction of sp³-hybridized carbons (Fsp3) is 0.750. The molecule has 0 radical (unpaired) electrons. The SMILES string of the molecule is CCN1CCC([C@H]2Nc3ccc(OCCC(C)C)cc3C3OCCC[C@H]32)CC1. The van der Waals surface area contributed by atoms with Gasteiger partial charge in [0.2, 0.25) is 0 Å². The summed E-state index contributed by atoms with van der Waals surface area (Å²) < 4.78 is 12.4. The maximum Gasteiger partial charge on any atom is 0.119 e. The minimum absolute atomic E-state index is 0.229. The molecule has 4 nitrogen and oxygen atoms in total. The molecule has 0 amide bonds. The lowest BCUT2D eigenvalue weighted by Crippen LogP contribution is -2.48. The summed E-state index contributed by atoms with van der Waals surface area (Å²) in [6, 6.07) is 7.14. The van der Waals surface area contributed by atoms with Crippen LogP contribution in [-0.2, 0) is 4.74 Å². The van der Waals surface area contributed by atoms with Crippen molar-refractivity contribution >= 4 is 5.69 Å². The second kappa shape index (κ2) is 9.04. The van der Waals surface area contributed by atoms with Gasteiger partial charge in [0.15, 0.2) is 0 Å². The van der Waals surface area contributed by atoms with Gasteiger partial charge in [-0.05, 0) is 81.8 Å². The highest BCUT2D eigenvalue weighted by Crippen LogP contribution is 2.47. The lowest BCUT2D eigenvalue weighted by molar-refractivity contribution is -0.0472. The van der Waals surface area contributed by atoms with Gasteiger partial charge in [-0.15, -0.1) is 0 Å². The highest BCUT2D eigenvalue weighted by atomic mass is 16.5. The van der Waals surface area contributed by atoms with Crippen molar-refractivity contribution in [3.63, 3.8) is 0 Å². The van der Waals surface area contributed by atoms with E-state index in [1.165, 1.54) is 56.6 Å². The number of anilines is 1. The average Bonchev–Trinajstić information content (AvgIpc) is 2.73. The Morgan fingerprint density at radius 1 is 1.21 bits per heavy atom. The fourth-order valence-electron chi connectivity index (χ4n) is 5.28. The Kier molecular flexibility index (Phi) is 6.47. The minimum atomic E-state index is 0.229. The highest BCUT2D eigenvalue weighted by molar-refractivity contribution is 5.58. The van der Waals surface area contributed by atoms with E-state index in [4.69, 9.17) is 9.47 Å². The monoisotopic (exact) mass is 386 g/mol. The number of hydrogen-bond acceptors (Lipinski definition) is 4. The first-order valence-electron chi connectivity index (χ1n) is 11.5. The topological polar surface area (TPSA) is 33.7 Å². The molecule has 0 spiro atoms. The van der Waals surface area contributed by atoms with Crippen LogP contribution in [0.15, 0.2) is 18.2 Å². The van der Waals surface area contributed by atoms with Gasteiger partial charge in [-0.3, -0.25) is 0 Å². The van der Waals surface area contributed by atoms with Crippen molar-refractivity contribution in [2.24, 2.45) is 17.8 Å². The van der Waals surface area contributed by atoms with Crippen LogP contribution in [-0.4, -0.2) is 43.8 Å². The minimum Gasteiger partial charge on any atom is -0.494 e. The van der Waals surface area contributed by atoms with Crippen molar-refractivity contribution in [2.45, 2.75) is 65.0 Å². The molecule has 0 aliphatic carbocycles. The summed E-state index contributed by atoms with van der Waals surface area (Å²) in [5.41, 5.74) is 2.58. The predicted octanol–water partition coefficient (Wildman–Crippen LogP) is 5.11. The summed E-state index contributed by atoms with van der Waals surface area (Å²) in [5.74, 6) is 3.01. The van der Waals surface area contributed by atoms with Crippen molar-refractivity contribution in [1.29, 1.82) is 0 Å². The third-order valence-electron chi connectivity index (χ3n) is 7.03. The molecule has 0 aromatic heterocycles. The van der Waals surface area contributed by atoms with Crippen molar-refractivity contribution < 1.29 is 9.47 Å². The molecule has 4 heteroatoms. The van der Waals surface area contributed by atoms with Crippen molar-refractivity contribution in [2.75, 3.05) is 38.2 Å². The molecule has 2 fully saturated rings. The van der Waals surface area contributed by atoms with Gasteiger partial charge in [0.25, 0.3) is 0 Å². The van der Waals surface area contributed by atoms with Gasteiger partial charge >= 0.3 is 0 Å². The van der Waals surface area contributed by atoms with E-state index in [-0.39, 0.29) is 6.10 Å². The summed E-state index contributed by atoms with van der Waals surface area (Å²) in [5, 5.41) is 3.95.